The van der Waals surface area contributed by atoms with Crippen LogP contribution in [0.3, 0.4) is 0 Å². The molecule has 0 aromatic carbocycles. The van der Waals surface area contributed by atoms with E-state index in [1.165, 1.54) is 11.3 Å². The van der Waals surface area contributed by atoms with Crippen LogP contribution in [0.4, 0.5) is 4.79 Å². The van der Waals surface area contributed by atoms with Crippen LogP contribution < -0.4 is 10.6 Å². The number of rotatable bonds is 7. The third-order valence-electron chi connectivity index (χ3n) is 2.79. The monoisotopic (exact) mass is 366 g/mol. The van der Waals surface area contributed by atoms with Crippen LogP contribution in [0.1, 0.15) is 26.2 Å². The van der Waals surface area contributed by atoms with Gasteiger partial charge in [-0.1, -0.05) is 11.2 Å². The van der Waals surface area contributed by atoms with Gasteiger partial charge in [-0.05, 0) is 25.3 Å². The van der Waals surface area contributed by atoms with Crippen molar-refractivity contribution in [1.29, 1.82) is 0 Å². The zero-order valence-electron chi connectivity index (χ0n) is 13.8. The second-order valence-corrected chi connectivity index (χ2v) is 6.27. The van der Waals surface area contributed by atoms with Gasteiger partial charge in [0.25, 0.3) is 5.91 Å². The van der Waals surface area contributed by atoms with Crippen molar-refractivity contribution in [2.45, 2.75) is 32.7 Å². The minimum Gasteiger partial charge on any atom is -0.456 e. The number of aryl methyl sites for hydroxylation is 1. The molecule has 0 spiro atoms. The topological polar surface area (TPSA) is 123 Å². The lowest BCUT2D eigenvalue weighted by Crippen LogP contribution is -2.44. The number of thiophene rings is 1. The number of carbonyl (C=O) groups is 3. The predicted molar refractivity (Wildman–Crippen MR) is 88.7 cm³/mol. The highest BCUT2D eigenvalue weighted by atomic mass is 32.1. The Kier molecular flexibility index (Phi) is 6.63. The summed E-state index contributed by atoms with van der Waals surface area (Å²) in [6.45, 7) is 2.98. The van der Waals surface area contributed by atoms with Crippen molar-refractivity contribution in [2.75, 3.05) is 6.61 Å². The van der Waals surface area contributed by atoms with Gasteiger partial charge >= 0.3 is 12.0 Å². The Labute approximate surface area is 147 Å². The Morgan fingerprint density at radius 3 is 2.84 bits per heavy atom. The summed E-state index contributed by atoms with van der Waals surface area (Å²) >= 11 is 1.48. The zero-order valence-corrected chi connectivity index (χ0v) is 14.6. The Morgan fingerprint density at radius 1 is 1.36 bits per heavy atom. The average molecular weight is 366 g/mol. The first-order valence-corrected chi connectivity index (χ1v) is 8.44. The van der Waals surface area contributed by atoms with E-state index < -0.39 is 24.5 Å². The summed E-state index contributed by atoms with van der Waals surface area (Å²) in [6, 6.07) is 2.99. The average Bonchev–Trinajstić information content (AvgIpc) is 3.20. The van der Waals surface area contributed by atoms with Gasteiger partial charge in [-0.2, -0.15) is 4.98 Å². The first kappa shape index (κ1) is 18.6. The standard InChI is InChI=1S/C15H18N4O5S/c1-9(2)16-15(22)17-11(20)8-23-13(21)6-5-12-18-14(19-24-12)10-4-3-7-25-10/h3-4,7,9H,5-6,8H2,1-2H3,(H2,16,17,20,22). The van der Waals surface area contributed by atoms with E-state index >= 15 is 0 Å². The van der Waals surface area contributed by atoms with Crippen molar-refractivity contribution in [1.82, 2.24) is 20.8 Å². The molecule has 0 aliphatic rings. The van der Waals surface area contributed by atoms with Gasteiger partial charge in [0.1, 0.15) is 0 Å². The number of nitrogens with zero attached hydrogens (tertiary/aromatic N) is 2. The second-order valence-electron chi connectivity index (χ2n) is 5.33. The summed E-state index contributed by atoms with van der Waals surface area (Å²) in [7, 11) is 0. The molecule has 0 saturated carbocycles. The Hall–Kier alpha value is -2.75. The molecule has 134 valence electrons. The number of urea groups is 1. The van der Waals surface area contributed by atoms with E-state index in [0.29, 0.717) is 11.7 Å². The molecule has 2 heterocycles. The van der Waals surface area contributed by atoms with Crippen molar-refractivity contribution < 1.29 is 23.6 Å². The fraction of sp³-hybridized carbons (Fsp3) is 0.400. The second kappa shape index (κ2) is 8.92. The molecule has 2 aromatic rings. The lowest BCUT2D eigenvalue weighted by Gasteiger charge is -2.09. The number of nitrogens with one attached hydrogen (secondary N) is 2. The van der Waals surface area contributed by atoms with Gasteiger partial charge in [-0.25, -0.2) is 4.79 Å². The van der Waals surface area contributed by atoms with Crippen LogP contribution in [-0.2, 0) is 20.7 Å². The zero-order chi connectivity index (χ0) is 18.2. The lowest BCUT2D eigenvalue weighted by molar-refractivity contribution is -0.148. The van der Waals surface area contributed by atoms with E-state index in [9.17, 15) is 14.4 Å². The normalized spacial score (nSPS) is 10.5. The molecule has 3 amide bonds. The largest absolute Gasteiger partial charge is 0.456 e. The summed E-state index contributed by atoms with van der Waals surface area (Å²) in [5.41, 5.74) is 0. The number of hydrogen-bond donors (Lipinski definition) is 2. The van der Waals surface area contributed by atoms with Gasteiger partial charge in [0.2, 0.25) is 11.7 Å². The molecule has 0 bridgehead atoms. The van der Waals surface area contributed by atoms with Crippen LogP contribution in [0, 0.1) is 0 Å². The summed E-state index contributed by atoms with van der Waals surface area (Å²) < 4.78 is 9.85. The highest BCUT2D eigenvalue weighted by Gasteiger charge is 2.14. The first-order chi connectivity index (χ1) is 11.9. The molecule has 0 unspecified atom stereocenters. The maximum atomic E-state index is 11.6. The van der Waals surface area contributed by atoms with Crippen LogP contribution in [0.5, 0.6) is 0 Å². The fourth-order valence-corrected chi connectivity index (χ4v) is 2.40. The summed E-state index contributed by atoms with van der Waals surface area (Å²) in [5.74, 6) is -0.533. The van der Waals surface area contributed by atoms with Gasteiger partial charge in [0.15, 0.2) is 6.61 Å². The van der Waals surface area contributed by atoms with Crippen LogP contribution in [-0.4, -0.2) is 40.7 Å². The molecule has 0 aliphatic heterocycles. The molecule has 0 aliphatic carbocycles. The Bertz CT molecular complexity index is 726. The van der Waals surface area contributed by atoms with E-state index in [-0.39, 0.29) is 18.9 Å². The summed E-state index contributed by atoms with van der Waals surface area (Å²) in [4.78, 5) is 39.4. The van der Waals surface area contributed by atoms with Crippen molar-refractivity contribution in [3.8, 4) is 10.7 Å². The van der Waals surface area contributed by atoms with E-state index in [1.807, 2.05) is 17.5 Å². The van der Waals surface area contributed by atoms with E-state index in [1.54, 1.807) is 13.8 Å². The number of ether oxygens (including phenoxy) is 1. The molecule has 2 rings (SSSR count). The molecular weight excluding hydrogens is 348 g/mol. The quantitative estimate of drug-likeness (QED) is 0.712. The summed E-state index contributed by atoms with van der Waals surface area (Å²) in [5, 5.41) is 10.3. The third-order valence-corrected chi connectivity index (χ3v) is 3.66. The van der Waals surface area contributed by atoms with Crippen molar-refractivity contribution in [2.24, 2.45) is 0 Å². The molecule has 0 radical (unpaired) electrons. The van der Waals surface area contributed by atoms with Crippen LogP contribution in [0.25, 0.3) is 10.7 Å². The first-order valence-electron chi connectivity index (χ1n) is 7.56. The summed E-state index contributed by atoms with van der Waals surface area (Å²) in [6.07, 6.45) is 0.185. The highest BCUT2D eigenvalue weighted by Crippen LogP contribution is 2.21. The molecule has 2 aromatic heterocycles. The molecular formula is C15H18N4O5S. The fourth-order valence-electron chi connectivity index (χ4n) is 1.75. The molecule has 0 atom stereocenters. The lowest BCUT2D eigenvalue weighted by atomic mass is 10.3. The van der Waals surface area contributed by atoms with Crippen LogP contribution in [0.2, 0.25) is 0 Å². The van der Waals surface area contributed by atoms with E-state index in [4.69, 9.17) is 9.26 Å². The van der Waals surface area contributed by atoms with E-state index in [2.05, 4.69) is 20.8 Å². The van der Waals surface area contributed by atoms with Crippen molar-refractivity contribution >= 4 is 29.2 Å². The number of aromatic nitrogens is 2. The predicted octanol–water partition coefficient (Wildman–Crippen LogP) is 1.51. The smallest absolute Gasteiger partial charge is 0.321 e. The Morgan fingerprint density at radius 2 is 2.16 bits per heavy atom. The molecule has 9 nitrogen and oxygen atoms in total. The number of carbonyl (C=O) groups excluding carboxylic acids is 3. The highest BCUT2D eigenvalue weighted by molar-refractivity contribution is 7.13. The third kappa shape index (κ3) is 6.34. The minimum absolute atomic E-state index is 0.0163. The number of hydrogen-bond acceptors (Lipinski definition) is 8. The van der Waals surface area contributed by atoms with E-state index in [0.717, 1.165) is 4.88 Å². The van der Waals surface area contributed by atoms with Gasteiger partial charge in [-0.15, -0.1) is 11.3 Å². The van der Waals surface area contributed by atoms with Crippen LogP contribution >= 0.6 is 11.3 Å². The molecule has 0 fully saturated rings. The van der Waals surface area contributed by atoms with Gasteiger partial charge in [-0.3, -0.25) is 14.9 Å². The number of esters is 1. The molecule has 10 heteroatoms. The van der Waals surface area contributed by atoms with Crippen molar-refractivity contribution in [3.63, 3.8) is 0 Å². The number of imide groups is 1. The minimum atomic E-state index is -0.704. The van der Waals surface area contributed by atoms with Gasteiger partial charge < -0.3 is 14.6 Å². The SMILES string of the molecule is CC(C)NC(=O)NC(=O)COC(=O)CCc1nc(-c2cccs2)no1. The molecule has 25 heavy (non-hydrogen) atoms. The van der Waals surface area contributed by atoms with Crippen molar-refractivity contribution in [3.05, 3.63) is 23.4 Å². The number of amides is 3. The Balaban J connectivity index is 1.69. The van der Waals surface area contributed by atoms with Gasteiger partial charge in [0.05, 0.1) is 11.3 Å². The molecule has 0 saturated heterocycles. The molecule has 2 N–H and O–H groups in total. The van der Waals surface area contributed by atoms with Gasteiger partial charge in [0, 0.05) is 12.5 Å². The maximum Gasteiger partial charge on any atom is 0.321 e. The maximum absolute atomic E-state index is 11.6. The van der Waals surface area contributed by atoms with Crippen LogP contribution in [0.15, 0.2) is 22.0 Å².